The first-order chi connectivity index (χ1) is 9.06. The Morgan fingerprint density at radius 1 is 1.32 bits per heavy atom. The highest BCUT2D eigenvalue weighted by atomic mass is 16.2. The van der Waals surface area contributed by atoms with Crippen molar-refractivity contribution < 1.29 is 4.79 Å². The van der Waals surface area contributed by atoms with Crippen LogP contribution in [-0.4, -0.2) is 18.0 Å². The van der Waals surface area contributed by atoms with E-state index in [2.05, 4.69) is 43.5 Å². The van der Waals surface area contributed by atoms with Gasteiger partial charge in [0.05, 0.1) is 6.04 Å². The smallest absolute Gasteiger partial charge is 0.237 e. The molecule has 0 radical (unpaired) electrons. The van der Waals surface area contributed by atoms with Crippen LogP contribution in [0.1, 0.15) is 38.3 Å². The minimum atomic E-state index is -0.0930. The van der Waals surface area contributed by atoms with E-state index in [1.165, 1.54) is 11.1 Å². The summed E-state index contributed by atoms with van der Waals surface area (Å²) in [5.41, 5.74) is 2.60. The molecule has 0 saturated carbocycles. The highest BCUT2D eigenvalue weighted by molar-refractivity contribution is 5.82. The van der Waals surface area contributed by atoms with Crippen LogP contribution in [0.25, 0.3) is 0 Å². The Balaban J connectivity index is 1.92. The molecule has 1 aliphatic heterocycles. The molecule has 0 spiro atoms. The number of carbonyl (C=O) groups excluding carboxylic acids is 1. The number of benzene rings is 1. The van der Waals surface area contributed by atoms with Gasteiger partial charge in [-0.25, -0.2) is 0 Å². The van der Waals surface area contributed by atoms with Gasteiger partial charge in [-0.2, -0.15) is 0 Å². The predicted octanol–water partition coefficient (Wildman–Crippen LogP) is 2.25. The molecular weight excluding hydrogens is 236 g/mol. The molecule has 2 rings (SSSR count). The lowest BCUT2D eigenvalue weighted by Gasteiger charge is -2.27. The van der Waals surface area contributed by atoms with Gasteiger partial charge in [-0.1, -0.05) is 38.1 Å². The van der Waals surface area contributed by atoms with Crippen LogP contribution >= 0.6 is 0 Å². The van der Waals surface area contributed by atoms with Gasteiger partial charge in [-0.15, -0.1) is 0 Å². The Hall–Kier alpha value is -1.35. The summed E-state index contributed by atoms with van der Waals surface area (Å²) in [6.45, 7) is 7.22. The molecule has 1 amide bonds. The summed E-state index contributed by atoms with van der Waals surface area (Å²) < 4.78 is 0. The van der Waals surface area contributed by atoms with Gasteiger partial charge in [0, 0.05) is 12.6 Å². The van der Waals surface area contributed by atoms with Crippen LogP contribution in [0.5, 0.6) is 0 Å². The average molecular weight is 260 g/mol. The third-order valence-electron chi connectivity index (χ3n) is 3.61. The van der Waals surface area contributed by atoms with Gasteiger partial charge < -0.3 is 10.6 Å². The van der Waals surface area contributed by atoms with Gasteiger partial charge >= 0.3 is 0 Å². The van der Waals surface area contributed by atoms with Gasteiger partial charge in [0.25, 0.3) is 0 Å². The molecule has 0 aromatic heterocycles. The molecule has 1 aliphatic rings. The van der Waals surface area contributed by atoms with Crippen LogP contribution in [-0.2, 0) is 17.8 Å². The Labute approximate surface area is 115 Å². The lowest BCUT2D eigenvalue weighted by molar-refractivity contribution is -0.124. The first-order valence-electron chi connectivity index (χ1n) is 7.16. The van der Waals surface area contributed by atoms with Gasteiger partial charge in [0.15, 0.2) is 0 Å². The molecule has 19 heavy (non-hydrogen) atoms. The van der Waals surface area contributed by atoms with Crippen LogP contribution in [0, 0.1) is 5.92 Å². The van der Waals surface area contributed by atoms with Crippen LogP contribution in [0.4, 0.5) is 0 Å². The van der Waals surface area contributed by atoms with Crippen molar-refractivity contribution >= 4 is 5.91 Å². The molecule has 0 aliphatic carbocycles. The molecule has 0 bridgehead atoms. The number of rotatable bonds is 4. The molecule has 1 aromatic carbocycles. The summed E-state index contributed by atoms with van der Waals surface area (Å²) >= 11 is 0. The minimum Gasteiger partial charge on any atom is -0.352 e. The van der Waals surface area contributed by atoms with Crippen molar-refractivity contribution in [1.82, 2.24) is 10.6 Å². The SMILES string of the molecule is CC(C)CC(C)NC(=O)[C@@H]1Cc2ccccc2CN1. The number of hydrogen-bond acceptors (Lipinski definition) is 2. The first kappa shape index (κ1) is 14.1. The van der Waals surface area contributed by atoms with Crippen LogP contribution in [0.3, 0.4) is 0 Å². The molecule has 0 saturated heterocycles. The highest BCUT2D eigenvalue weighted by Gasteiger charge is 2.24. The molecule has 1 unspecified atom stereocenters. The average Bonchev–Trinajstić information content (AvgIpc) is 2.37. The Morgan fingerprint density at radius 3 is 2.68 bits per heavy atom. The highest BCUT2D eigenvalue weighted by Crippen LogP contribution is 2.16. The lowest BCUT2D eigenvalue weighted by Crippen LogP contribution is -2.50. The zero-order chi connectivity index (χ0) is 13.8. The van der Waals surface area contributed by atoms with Gasteiger partial charge in [0.1, 0.15) is 0 Å². The summed E-state index contributed by atoms with van der Waals surface area (Å²) in [5, 5.41) is 6.43. The number of nitrogens with one attached hydrogen (secondary N) is 2. The monoisotopic (exact) mass is 260 g/mol. The van der Waals surface area contributed by atoms with Gasteiger partial charge in [0.2, 0.25) is 5.91 Å². The van der Waals surface area contributed by atoms with Gasteiger partial charge in [-0.3, -0.25) is 4.79 Å². The topological polar surface area (TPSA) is 41.1 Å². The summed E-state index contributed by atoms with van der Waals surface area (Å²) in [4.78, 5) is 12.2. The molecule has 1 heterocycles. The minimum absolute atomic E-state index is 0.0930. The van der Waals surface area contributed by atoms with E-state index in [0.29, 0.717) is 5.92 Å². The second-order valence-corrected chi connectivity index (χ2v) is 5.95. The summed E-state index contributed by atoms with van der Waals surface area (Å²) in [5.74, 6) is 0.734. The maximum Gasteiger partial charge on any atom is 0.237 e. The van der Waals surface area contributed by atoms with E-state index in [1.807, 2.05) is 12.1 Å². The van der Waals surface area contributed by atoms with Crippen LogP contribution in [0.15, 0.2) is 24.3 Å². The fourth-order valence-electron chi connectivity index (χ4n) is 2.75. The quantitative estimate of drug-likeness (QED) is 0.872. The standard InChI is InChI=1S/C16H24N2O/c1-11(2)8-12(3)18-16(19)15-9-13-6-4-5-7-14(13)10-17-15/h4-7,11-12,15,17H,8-10H2,1-3H3,(H,18,19)/t12?,15-/m0/s1. The fourth-order valence-corrected chi connectivity index (χ4v) is 2.75. The van der Waals surface area contributed by atoms with Crippen molar-refractivity contribution in [2.24, 2.45) is 5.92 Å². The normalized spacial score (nSPS) is 19.9. The first-order valence-corrected chi connectivity index (χ1v) is 7.16. The van der Waals surface area contributed by atoms with E-state index in [-0.39, 0.29) is 18.0 Å². The summed E-state index contributed by atoms with van der Waals surface area (Å²) in [6, 6.07) is 8.48. The van der Waals surface area contributed by atoms with Crippen molar-refractivity contribution in [1.29, 1.82) is 0 Å². The Bertz CT molecular complexity index is 442. The van der Waals surface area contributed by atoms with Gasteiger partial charge in [-0.05, 0) is 36.8 Å². The molecule has 2 atom stereocenters. The molecule has 104 valence electrons. The van der Waals surface area contributed by atoms with E-state index < -0.39 is 0 Å². The number of carbonyl (C=O) groups is 1. The van der Waals surface area contributed by atoms with E-state index in [9.17, 15) is 4.79 Å². The second kappa shape index (κ2) is 6.20. The third-order valence-corrected chi connectivity index (χ3v) is 3.61. The molecular formula is C16H24N2O. The van der Waals surface area contributed by atoms with E-state index in [4.69, 9.17) is 0 Å². The predicted molar refractivity (Wildman–Crippen MR) is 77.8 cm³/mol. The second-order valence-electron chi connectivity index (χ2n) is 5.95. The fraction of sp³-hybridized carbons (Fsp3) is 0.562. The lowest BCUT2D eigenvalue weighted by atomic mass is 9.95. The number of amides is 1. The Morgan fingerprint density at radius 2 is 2.00 bits per heavy atom. The van der Waals surface area contributed by atoms with E-state index in [0.717, 1.165) is 19.4 Å². The van der Waals surface area contributed by atoms with E-state index >= 15 is 0 Å². The van der Waals surface area contributed by atoms with Crippen molar-refractivity contribution in [2.75, 3.05) is 0 Å². The van der Waals surface area contributed by atoms with Crippen molar-refractivity contribution in [2.45, 2.75) is 52.2 Å². The molecule has 3 nitrogen and oxygen atoms in total. The molecule has 1 aromatic rings. The largest absolute Gasteiger partial charge is 0.352 e. The van der Waals surface area contributed by atoms with Crippen molar-refractivity contribution in [3.8, 4) is 0 Å². The third kappa shape index (κ3) is 3.80. The number of fused-ring (bicyclic) bond motifs is 1. The zero-order valence-electron chi connectivity index (χ0n) is 12.1. The number of hydrogen-bond donors (Lipinski definition) is 2. The van der Waals surface area contributed by atoms with Crippen LogP contribution in [0.2, 0.25) is 0 Å². The summed E-state index contributed by atoms with van der Waals surface area (Å²) in [6.07, 6.45) is 1.81. The van der Waals surface area contributed by atoms with E-state index in [1.54, 1.807) is 0 Å². The molecule has 0 fully saturated rings. The summed E-state index contributed by atoms with van der Waals surface area (Å²) in [7, 11) is 0. The molecule has 2 N–H and O–H groups in total. The maximum absolute atomic E-state index is 12.2. The van der Waals surface area contributed by atoms with Crippen molar-refractivity contribution in [3.05, 3.63) is 35.4 Å². The zero-order valence-corrected chi connectivity index (χ0v) is 12.1. The maximum atomic E-state index is 12.2. The van der Waals surface area contributed by atoms with Crippen LogP contribution < -0.4 is 10.6 Å². The van der Waals surface area contributed by atoms with Crippen molar-refractivity contribution in [3.63, 3.8) is 0 Å². The Kier molecular flexibility index (Phi) is 4.59. The molecule has 3 heteroatoms.